The topological polar surface area (TPSA) is 164 Å². The van der Waals surface area contributed by atoms with Crippen molar-refractivity contribution in [3.8, 4) is 6.07 Å². The van der Waals surface area contributed by atoms with Gasteiger partial charge in [0.15, 0.2) is 5.16 Å². The highest BCUT2D eigenvalue weighted by Gasteiger charge is 2.22. The van der Waals surface area contributed by atoms with E-state index in [9.17, 15) is 14.9 Å². The van der Waals surface area contributed by atoms with E-state index in [-0.39, 0.29) is 28.3 Å². The van der Waals surface area contributed by atoms with Crippen molar-refractivity contribution in [3.63, 3.8) is 0 Å². The number of thiophene rings is 1. The van der Waals surface area contributed by atoms with Crippen LogP contribution < -0.4 is 16.6 Å². The van der Waals surface area contributed by atoms with Crippen molar-refractivity contribution < 1.29 is 9.21 Å². The fraction of sp³-hybridized carbons (Fsp3) is 0.333. The molecule has 0 radical (unpaired) electrons. The monoisotopic (exact) mass is 475 g/mol. The summed E-state index contributed by atoms with van der Waals surface area (Å²) in [6.45, 7) is 0. The number of hydrogen-bond donors (Lipinski definition) is 3. The SMILES string of the molecule is N#Cc1c(NC(=O)CSc2nnc(CSc3nc(N)cc(=O)[nH]3)o2)sc2c1CCCC2. The number of hydrogen-bond acceptors (Lipinski definition) is 11. The lowest BCUT2D eigenvalue weighted by atomic mass is 9.96. The Balaban J connectivity index is 1.30. The molecule has 0 unspecified atom stereocenters. The van der Waals surface area contributed by atoms with Gasteiger partial charge in [0.25, 0.3) is 10.8 Å². The van der Waals surface area contributed by atoms with Crippen molar-refractivity contribution in [1.82, 2.24) is 20.2 Å². The van der Waals surface area contributed by atoms with Crippen LogP contribution in [0.2, 0.25) is 0 Å². The highest BCUT2D eigenvalue weighted by Crippen LogP contribution is 2.37. The lowest BCUT2D eigenvalue weighted by Crippen LogP contribution is -2.14. The fourth-order valence-electron chi connectivity index (χ4n) is 3.07. The molecule has 0 saturated carbocycles. The Hall–Kier alpha value is -2.82. The van der Waals surface area contributed by atoms with Crippen molar-refractivity contribution in [2.75, 3.05) is 16.8 Å². The first-order valence-corrected chi connectivity index (χ1v) is 12.1. The van der Waals surface area contributed by atoms with Crippen LogP contribution >= 0.6 is 34.9 Å². The Morgan fingerprint density at radius 2 is 2.19 bits per heavy atom. The second kappa shape index (κ2) is 9.54. The third kappa shape index (κ3) is 5.27. The Morgan fingerprint density at radius 1 is 1.35 bits per heavy atom. The quantitative estimate of drug-likeness (QED) is 0.342. The molecule has 0 aromatic carbocycles. The van der Waals surface area contributed by atoms with Crippen LogP contribution in [0.25, 0.3) is 0 Å². The number of rotatable bonds is 7. The third-order valence-corrected chi connectivity index (χ3v) is 7.27. The molecule has 1 aliphatic carbocycles. The number of amides is 1. The average molecular weight is 476 g/mol. The lowest BCUT2D eigenvalue weighted by Gasteiger charge is -2.09. The summed E-state index contributed by atoms with van der Waals surface area (Å²) in [7, 11) is 0. The smallest absolute Gasteiger partial charge is 0.277 e. The zero-order valence-electron chi connectivity index (χ0n) is 16.1. The molecule has 31 heavy (non-hydrogen) atoms. The first kappa shape index (κ1) is 21.4. The minimum absolute atomic E-state index is 0.0757. The van der Waals surface area contributed by atoms with E-state index in [0.29, 0.717) is 27.4 Å². The van der Waals surface area contributed by atoms with E-state index in [1.54, 1.807) is 0 Å². The van der Waals surface area contributed by atoms with E-state index in [1.165, 1.54) is 34.0 Å². The molecule has 4 N–H and O–H groups in total. The van der Waals surface area contributed by atoms with Crippen molar-refractivity contribution >= 4 is 51.6 Å². The standard InChI is InChI=1S/C18H17N7O3S3/c19-6-10-9-3-1-2-4-11(9)31-16(10)22-14(27)7-30-18-25-24-15(28-18)8-29-17-21-12(20)5-13(26)23-17/h5H,1-4,7-8H2,(H,22,27)(H3,20,21,23,26). The van der Waals surface area contributed by atoms with Gasteiger partial charge in [-0.1, -0.05) is 23.5 Å². The zero-order valence-corrected chi connectivity index (χ0v) is 18.6. The summed E-state index contributed by atoms with van der Waals surface area (Å²) >= 11 is 3.80. The van der Waals surface area contributed by atoms with Crippen LogP contribution in [0.5, 0.6) is 0 Å². The van der Waals surface area contributed by atoms with Crippen LogP contribution in [0.15, 0.2) is 25.7 Å². The van der Waals surface area contributed by atoms with E-state index < -0.39 is 0 Å². The molecule has 13 heteroatoms. The van der Waals surface area contributed by atoms with Gasteiger partial charge in [0.2, 0.25) is 11.8 Å². The summed E-state index contributed by atoms with van der Waals surface area (Å²) in [5.74, 6) is 0.585. The van der Waals surface area contributed by atoms with Crippen molar-refractivity contribution in [2.24, 2.45) is 0 Å². The maximum atomic E-state index is 12.4. The Bertz CT molecular complexity index is 1210. The predicted molar refractivity (Wildman–Crippen MR) is 118 cm³/mol. The zero-order chi connectivity index (χ0) is 21.8. The lowest BCUT2D eigenvalue weighted by molar-refractivity contribution is -0.113. The number of nitrogens with two attached hydrogens (primary N) is 1. The number of anilines is 2. The van der Waals surface area contributed by atoms with Gasteiger partial charge in [0.1, 0.15) is 16.9 Å². The number of nitrogens with one attached hydrogen (secondary N) is 2. The molecule has 0 fully saturated rings. The number of nitrogen functional groups attached to an aromatic ring is 1. The molecule has 0 aliphatic heterocycles. The van der Waals surface area contributed by atoms with Crippen LogP contribution in [0.3, 0.4) is 0 Å². The van der Waals surface area contributed by atoms with E-state index >= 15 is 0 Å². The minimum atomic E-state index is -0.339. The Morgan fingerprint density at radius 3 is 3.00 bits per heavy atom. The maximum Gasteiger partial charge on any atom is 0.277 e. The number of aryl methyl sites for hydroxylation is 1. The summed E-state index contributed by atoms with van der Waals surface area (Å²) in [6, 6.07) is 3.43. The van der Waals surface area contributed by atoms with Gasteiger partial charge in [-0.25, -0.2) is 4.98 Å². The second-order valence-corrected chi connectivity index (χ2v) is 9.59. The number of aromatic nitrogens is 4. The van der Waals surface area contributed by atoms with Crippen LogP contribution in [0, 0.1) is 11.3 Å². The largest absolute Gasteiger partial charge is 0.415 e. The van der Waals surface area contributed by atoms with Gasteiger partial charge in [-0.3, -0.25) is 9.59 Å². The first-order valence-electron chi connectivity index (χ1n) is 9.31. The normalized spacial score (nSPS) is 12.9. The van der Waals surface area contributed by atoms with Crippen molar-refractivity contribution in [2.45, 2.75) is 41.8 Å². The molecule has 0 saturated heterocycles. The molecule has 3 aromatic heterocycles. The summed E-state index contributed by atoms with van der Waals surface area (Å²) in [6.07, 6.45) is 4.04. The maximum absolute atomic E-state index is 12.4. The number of aromatic amines is 1. The number of nitrogens with zero attached hydrogens (tertiary/aromatic N) is 4. The molecule has 10 nitrogen and oxygen atoms in total. The van der Waals surface area contributed by atoms with E-state index in [1.807, 2.05) is 0 Å². The summed E-state index contributed by atoms with van der Waals surface area (Å²) in [5.41, 5.74) is 6.88. The third-order valence-electron chi connectivity index (χ3n) is 4.38. The number of thioether (sulfide) groups is 2. The van der Waals surface area contributed by atoms with Crippen LogP contribution in [0.4, 0.5) is 10.8 Å². The van der Waals surface area contributed by atoms with Crippen LogP contribution in [-0.4, -0.2) is 31.8 Å². The summed E-state index contributed by atoms with van der Waals surface area (Å²) < 4.78 is 5.52. The molecule has 0 spiro atoms. The molecule has 0 bridgehead atoms. The molecule has 160 valence electrons. The number of fused-ring (bicyclic) bond motifs is 1. The molecule has 1 amide bonds. The predicted octanol–water partition coefficient (Wildman–Crippen LogP) is 2.57. The summed E-state index contributed by atoms with van der Waals surface area (Å²) in [4.78, 5) is 31.5. The highest BCUT2D eigenvalue weighted by atomic mass is 32.2. The van der Waals surface area contributed by atoms with Crippen molar-refractivity contribution in [3.05, 3.63) is 38.3 Å². The van der Waals surface area contributed by atoms with Gasteiger partial charge in [-0.15, -0.1) is 21.5 Å². The number of H-pyrrole nitrogens is 1. The second-order valence-electron chi connectivity index (χ2n) is 6.59. The Kier molecular flexibility index (Phi) is 6.59. The average Bonchev–Trinajstić information content (AvgIpc) is 3.33. The molecule has 4 rings (SSSR count). The fourth-order valence-corrected chi connectivity index (χ4v) is 5.62. The van der Waals surface area contributed by atoms with E-state index in [4.69, 9.17) is 10.2 Å². The molecule has 3 heterocycles. The molecule has 1 aliphatic rings. The number of carbonyl (C=O) groups is 1. The number of nitriles is 1. The van der Waals surface area contributed by atoms with Gasteiger partial charge >= 0.3 is 0 Å². The van der Waals surface area contributed by atoms with Crippen LogP contribution in [-0.2, 0) is 23.4 Å². The first-order chi connectivity index (χ1) is 15.0. The van der Waals surface area contributed by atoms with Crippen molar-refractivity contribution in [1.29, 1.82) is 5.26 Å². The van der Waals surface area contributed by atoms with E-state index in [2.05, 4.69) is 31.6 Å². The minimum Gasteiger partial charge on any atom is -0.415 e. The molecular formula is C18H17N7O3S3. The Labute approximate surface area is 189 Å². The van der Waals surface area contributed by atoms with Gasteiger partial charge in [0.05, 0.1) is 17.1 Å². The van der Waals surface area contributed by atoms with Crippen LogP contribution in [0.1, 0.15) is 34.7 Å². The van der Waals surface area contributed by atoms with E-state index in [0.717, 1.165) is 43.0 Å². The molecule has 0 atom stereocenters. The van der Waals surface area contributed by atoms with Gasteiger partial charge in [-0.05, 0) is 31.2 Å². The number of carbonyl (C=O) groups excluding carboxylic acids is 1. The van der Waals surface area contributed by atoms with Gasteiger partial charge < -0.3 is 20.5 Å². The highest BCUT2D eigenvalue weighted by molar-refractivity contribution is 7.99. The van der Waals surface area contributed by atoms with Gasteiger partial charge in [-0.2, -0.15) is 5.26 Å². The summed E-state index contributed by atoms with van der Waals surface area (Å²) in [5, 5.41) is 21.4. The molecular weight excluding hydrogens is 458 g/mol. The molecule has 3 aromatic rings. The van der Waals surface area contributed by atoms with Gasteiger partial charge in [0, 0.05) is 10.9 Å².